The number of halogens is 1. The molecule has 2 aromatic rings. The van der Waals surface area contributed by atoms with Gasteiger partial charge in [0.15, 0.2) is 0 Å². The number of nitrogens with two attached hydrogens (primary N) is 1. The number of aromatic nitrogens is 3. The number of hydrogen-bond donors (Lipinski definition) is 2. The largest absolute Gasteiger partial charge is 0.396 e. The minimum atomic E-state index is -0.211. The third-order valence-electron chi connectivity index (χ3n) is 1.97. The molecular weight excluding hydrogens is 242 g/mol. The molecule has 0 unspecified atom stereocenters. The third kappa shape index (κ3) is 3.18. The van der Waals surface area contributed by atoms with Crippen molar-refractivity contribution in [2.24, 2.45) is 0 Å². The first-order chi connectivity index (χ1) is 8.13. The molecule has 0 aliphatic rings. The van der Waals surface area contributed by atoms with Gasteiger partial charge < -0.3 is 11.1 Å². The fourth-order valence-corrected chi connectivity index (χ4v) is 1.38. The lowest BCUT2D eigenvalue weighted by molar-refractivity contribution is -0.116. The van der Waals surface area contributed by atoms with Crippen LogP contribution in [0.25, 0.3) is 0 Å². The number of amides is 1. The minimum Gasteiger partial charge on any atom is -0.396 e. The van der Waals surface area contributed by atoms with E-state index in [0.29, 0.717) is 16.5 Å². The van der Waals surface area contributed by atoms with Crippen LogP contribution in [0.2, 0.25) is 5.15 Å². The third-order valence-corrected chi connectivity index (χ3v) is 2.19. The second-order valence-electron chi connectivity index (χ2n) is 3.39. The zero-order chi connectivity index (χ0) is 12.3. The maximum absolute atomic E-state index is 11.6. The summed E-state index contributed by atoms with van der Waals surface area (Å²) in [5.74, 6) is -0.211. The summed E-state index contributed by atoms with van der Waals surface area (Å²) in [5.41, 5.74) is 6.59. The Morgan fingerprint density at radius 1 is 1.47 bits per heavy atom. The number of nitrogens with zero attached hydrogens (tertiary/aromatic N) is 3. The Morgan fingerprint density at radius 2 is 2.29 bits per heavy atom. The summed E-state index contributed by atoms with van der Waals surface area (Å²) in [4.78, 5) is 15.5. The molecule has 2 rings (SSSR count). The first-order valence-electron chi connectivity index (χ1n) is 4.83. The van der Waals surface area contributed by atoms with E-state index < -0.39 is 0 Å². The lowest BCUT2D eigenvalue weighted by Gasteiger charge is -2.04. The molecule has 88 valence electrons. The van der Waals surface area contributed by atoms with Gasteiger partial charge in [0.2, 0.25) is 5.91 Å². The minimum absolute atomic E-state index is 0.0971. The molecule has 1 amide bonds. The fourth-order valence-electron chi connectivity index (χ4n) is 1.26. The van der Waals surface area contributed by atoms with Crippen LogP contribution in [0.4, 0.5) is 11.4 Å². The number of nitrogen functional groups attached to an aromatic ring is 1. The van der Waals surface area contributed by atoms with Gasteiger partial charge in [0.1, 0.15) is 11.7 Å². The molecule has 0 spiro atoms. The van der Waals surface area contributed by atoms with E-state index in [0.717, 1.165) is 0 Å². The van der Waals surface area contributed by atoms with Crippen LogP contribution in [0, 0.1) is 0 Å². The normalized spacial score (nSPS) is 10.2. The number of hydrogen-bond acceptors (Lipinski definition) is 4. The van der Waals surface area contributed by atoms with Crippen molar-refractivity contribution in [1.82, 2.24) is 14.8 Å². The predicted molar refractivity (Wildman–Crippen MR) is 64.5 cm³/mol. The van der Waals surface area contributed by atoms with Crippen molar-refractivity contribution >= 4 is 28.9 Å². The average Bonchev–Trinajstić information content (AvgIpc) is 2.67. The first-order valence-corrected chi connectivity index (χ1v) is 5.20. The fraction of sp³-hybridized carbons (Fsp3) is 0.100. The van der Waals surface area contributed by atoms with Crippen molar-refractivity contribution in [3.05, 3.63) is 35.9 Å². The van der Waals surface area contributed by atoms with Crippen LogP contribution in [0.1, 0.15) is 0 Å². The van der Waals surface area contributed by atoms with Gasteiger partial charge in [-0.25, -0.2) is 4.98 Å². The maximum Gasteiger partial charge on any atom is 0.246 e. The smallest absolute Gasteiger partial charge is 0.246 e. The molecule has 0 saturated carbocycles. The van der Waals surface area contributed by atoms with Gasteiger partial charge in [-0.3, -0.25) is 9.48 Å². The Bertz CT molecular complexity index is 522. The highest BCUT2D eigenvalue weighted by atomic mass is 35.5. The van der Waals surface area contributed by atoms with Gasteiger partial charge in [-0.15, -0.1) is 0 Å². The monoisotopic (exact) mass is 251 g/mol. The second kappa shape index (κ2) is 4.84. The van der Waals surface area contributed by atoms with E-state index in [1.54, 1.807) is 18.3 Å². The van der Waals surface area contributed by atoms with Crippen LogP contribution in [0.15, 0.2) is 30.7 Å². The molecule has 2 aromatic heterocycles. The van der Waals surface area contributed by atoms with E-state index in [1.807, 2.05) is 0 Å². The van der Waals surface area contributed by atoms with E-state index in [2.05, 4.69) is 15.4 Å². The molecule has 0 radical (unpaired) electrons. The van der Waals surface area contributed by atoms with Gasteiger partial charge >= 0.3 is 0 Å². The van der Waals surface area contributed by atoms with Crippen LogP contribution in [-0.2, 0) is 11.3 Å². The maximum atomic E-state index is 11.6. The van der Waals surface area contributed by atoms with Crippen molar-refractivity contribution in [2.45, 2.75) is 6.54 Å². The number of anilines is 2. The van der Waals surface area contributed by atoms with Gasteiger partial charge in [-0.05, 0) is 12.1 Å². The van der Waals surface area contributed by atoms with Crippen LogP contribution >= 0.6 is 11.6 Å². The van der Waals surface area contributed by atoms with Crippen LogP contribution in [0.5, 0.6) is 0 Å². The number of nitrogens with one attached hydrogen (secondary N) is 1. The molecule has 3 N–H and O–H groups in total. The molecular formula is C10H10ClN5O. The van der Waals surface area contributed by atoms with Crippen LogP contribution < -0.4 is 11.1 Å². The van der Waals surface area contributed by atoms with E-state index in [-0.39, 0.29) is 12.5 Å². The van der Waals surface area contributed by atoms with E-state index in [1.165, 1.54) is 17.1 Å². The summed E-state index contributed by atoms with van der Waals surface area (Å²) in [6.45, 7) is 0.0971. The average molecular weight is 252 g/mol. The second-order valence-corrected chi connectivity index (χ2v) is 3.78. The highest BCUT2D eigenvalue weighted by Crippen LogP contribution is 2.09. The van der Waals surface area contributed by atoms with E-state index >= 15 is 0 Å². The zero-order valence-electron chi connectivity index (χ0n) is 8.80. The number of rotatable bonds is 3. The van der Waals surface area contributed by atoms with Crippen molar-refractivity contribution in [3.8, 4) is 0 Å². The molecule has 0 saturated heterocycles. The quantitative estimate of drug-likeness (QED) is 0.802. The number of pyridine rings is 1. The van der Waals surface area contributed by atoms with Gasteiger partial charge in [0.05, 0.1) is 23.8 Å². The summed E-state index contributed by atoms with van der Waals surface area (Å²) in [6, 6.07) is 3.27. The van der Waals surface area contributed by atoms with Crippen molar-refractivity contribution in [2.75, 3.05) is 11.1 Å². The van der Waals surface area contributed by atoms with Gasteiger partial charge in [0.25, 0.3) is 0 Å². The highest BCUT2D eigenvalue weighted by molar-refractivity contribution is 6.29. The predicted octanol–water partition coefficient (Wildman–Crippen LogP) is 1.15. The lowest BCUT2D eigenvalue weighted by atomic mass is 10.4. The molecule has 0 aliphatic heterocycles. The molecule has 0 fully saturated rings. The number of carbonyl (C=O) groups excluding carboxylic acids is 1. The summed E-state index contributed by atoms with van der Waals surface area (Å²) < 4.78 is 1.45. The molecule has 17 heavy (non-hydrogen) atoms. The lowest BCUT2D eigenvalue weighted by Crippen LogP contribution is -2.19. The molecule has 6 nitrogen and oxygen atoms in total. The Morgan fingerprint density at radius 3 is 2.88 bits per heavy atom. The van der Waals surface area contributed by atoms with Gasteiger partial charge in [-0.1, -0.05) is 11.6 Å². The standard InChI is InChI=1S/C10H10ClN5O/c11-9-2-1-8(4-13-9)15-10(17)6-16-5-7(12)3-14-16/h1-5H,6,12H2,(H,15,17). The first kappa shape index (κ1) is 11.4. The highest BCUT2D eigenvalue weighted by Gasteiger charge is 2.04. The van der Waals surface area contributed by atoms with Crippen molar-refractivity contribution in [3.63, 3.8) is 0 Å². The molecule has 0 bridgehead atoms. The Kier molecular flexibility index (Phi) is 3.24. The molecule has 0 aliphatic carbocycles. The van der Waals surface area contributed by atoms with Crippen molar-refractivity contribution in [1.29, 1.82) is 0 Å². The number of carbonyl (C=O) groups is 1. The molecule has 0 aromatic carbocycles. The SMILES string of the molecule is Nc1cnn(CC(=O)Nc2ccc(Cl)nc2)c1. The molecule has 0 atom stereocenters. The van der Waals surface area contributed by atoms with E-state index in [9.17, 15) is 4.79 Å². The van der Waals surface area contributed by atoms with Gasteiger partial charge in [0, 0.05) is 6.20 Å². The zero-order valence-corrected chi connectivity index (χ0v) is 9.55. The summed E-state index contributed by atoms with van der Waals surface area (Å²) in [6.07, 6.45) is 4.55. The molecule has 7 heteroatoms. The summed E-state index contributed by atoms with van der Waals surface area (Å²) in [7, 11) is 0. The van der Waals surface area contributed by atoms with E-state index in [4.69, 9.17) is 17.3 Å². The van der Waals surface area contributed by atoms with Crippen LogP contribution in [-0.4, -0.2) is 20.7 Å². The summed E-state index contributed by atoms with van der Waals surface area (Å²) in [5, 5.41) is 6.95. The summed E-state index contributed by atoms with van der Waals surface area (Å²) >= 11 is 5.63. The van der Waals surface area contributed by atoms with Gasteiger partial charge in [-0.2, -0.15) is 5.10 Å². The topological polar surface area (TPSA) is 85.8 Å². The van der Waals surface area contributed by atoms with Crippen LogP contribution in [0.3, 0.4) is 0 Å². The molecule has 2 heterocycles. The Balaban J connectivity index is 1.95. The Labute approximate surface area is 102 Å². The van der Waals surface area contributed by atoms with Crippen molar-refractivity contribution < 1.29 is 4.79 Å². The Hall–Kier alpha value is -2.08.